The average Bonchev–Trinajstić information content (AvgIpc) is 2.15. The molecule has 15 heavy (non-hydrogen) atoms. The number of carbonyl (C=O) groups is 2. The van der Waals surface area contributed by atoms with E-state index in [1.807, 2.05) is 0 Å². The first-order valence-electron chi connectivity index (χ1n) is 4.90. The van der Waals surface area contributed by atoms with Crippen LogP contribution in [0.5, 0.6) is 0 Å². The minimum absolute atomic E-state index is 0.393. The normalized spacial score (nSPS) is 14.5. The lowest BCUT2D eigenvalue weighted by atomic mass is 10.1. The van der Waals surface area contributed by atoms with Gasteiger partial charge in [0.05, 0.1) is 0 Å². The van der Waals surface area contributed by atoms with Gasteiger partial charge in [0.1, 0.15) is 12.1 Å². The summed E-state index contributed by atoms with van der Waals surface area (Å²) in [5, 5.41) is 20.0. The van der Waals surface area contributed by atoms with E-state index in [1.54, 1.807) is 0 Å². The molecule has 0 saturated heterocycles. The molecule has 0 radical (unpaired) electrons. The molecule has 0 bridgehead atoms. The van der Waals surface area contributed by atoms with E-state index in [9.17, 15) is 9.59 Å². The standard InChI is InChI=1S/C9H18N2O4/c1-6(8(12)13)11-7(9(14)15)4-2-3-5-10/h6-7,11H,2-5,10H2,1H3,(H,12,13)(H,14,15). The third-order valence-corrected chi connectivity index (χ3v) is 2.07. The van der Waals surface area contributed by atoms with Crippen LogP contribution in [-0.4, -0.2) is 40.8 Å². The van der Waals surface area contributed by atoms with Crippen molar-refractivity contribution in [3.8, 4) is 0 Å². The van der Waals surface area contributed by atoms with Gasteiger partial charge in [0.25, 0.3) is 0 Å². The van der Waals surface area contributed by atoms with E-state index in [0.717, 1.165) is 6.42 Å². The van der Waals surface area contributed by atoms with Crippen LogP contribution in [0.15, 0.2) is 0 Å². The maximum absolute atomic E-state index is 10.8. The van der Waals surface area contributed by atoms with Crippen molar-refractivity contribution in [1.82, 2.24) is 5.32 Å². The van der Waals surface area contributed by atoms with Crippen molar-refractivity contribution in [1.29, 1.82) is 0 Å². The van der Waals surface area contributed by atoms with Gasteiger partial charge in [-0.15, -0.1) is 0 Å². The fourth-order valence-electron chi connectivity index (χ4n) is 1.14. The number of hydrogen-bond acceptors (Lipinski definition) is 4. The molecule has 0 spiro atoms. The Morgan fingerprint density at radius 1 is 1.27 bits per heavy atom. The highest BCUT2D eigenvalue weighted by atomic mass is 16.4. The Labute approximate surface area is 88.5 Å². The van der Waals surface area contributed by atoms with E-state index in [2.05, 4.69) is 5.32 Å². The molecule has 6 heteroatoms. The van der Waals surface area contributed by atoms with Crippen molar-refractivity contribution >= 4 is 11.9 Å². The fraction of sp³-hybridized carbons (Fsp3) is 0.778. The zero-order valence-electron chi connectivity index (χ0n) is 8.77. The molecule has 0 heterocycles. The van der Waals surface area contributed by atoms with Crippen LogP contribution in [0, 0.1) is 0 Å². The van der Waals surface area contributed by atoms with E-state index in [4.69, 9.17) is 15.9 Å². The monoisotopic (exact) mass is 218 g/mol. The van der Waals surface area contributed by atoms with Crippen molar-refractivity contribution < 1.29 is 19.8 Å². The molecule has 0 aliphatic rings. The molecule has 0 aliphatic carbocycles. The Balaban J connectivity index is 4.04. The van der Waals surface area contributed by atoms with Gasteiger partial charge < -0.3 is 15.9 Å². The molecule has 0 aromatic carbocycles. The number of nitrogens with two attached hydrogens (primary N) is 1. The van der Waals surface area contributed by atoms with Crippen LogP contribution in [0.25, 0.3) is 0 Å². The molecule has 0 amide bonds. The molecule has 0 saturated carbocycles. The van der Waals surface area contributed by atoms with Gasteiger partial charge in [-0.1, -0.05) is 6.42 Å². The van der Waals surface area contributed by atoms with Crippen molar-refractivity contribution in [2.24, 2.45) is 5.73 Å². The van der Waals surface area contributed by atoms with Crippen molar-refractivity contribution in [2.75, 3.05) is 6.54 Å². The number of aliphatic carboxylic acids is 2. The van der Waals surface area contributed by atoms with E-state index in [1.165, 1.54) is 6.92 Å². The number of hydrogen-bond donors (Lipinski definition) is 4. The largest absolute Gasteiger partial charge is 0.480 e. The Bertz CT molecular complexity index is 220. The second-order valence-electron chi connectivity index (χ2n) is 3.40. The second kappa shape index (κ2) is 7.19. The minimum atomic E-state index is -1.06. The maximum Gasteiger partial charge on any atom is 0.320 e. The van der Waals surface area contributed by atoms with Crippen LogP contribution in [0.3, 0.4) is 0 Å². The van der Waals surface area contributed by atoms with Crippen LogP contribution in [0.2, 0.25) is 0 Å². The molecule has 88 valence electrons. The summed E-state index contributed by atoms with van der Waals surface area (Å²) in [6.45, 7) is 1.93. The Morgan fingerprint density at radius 3 is 2.27 bits per heavy atom. The van der Waals surface area contributed by atoms with Gasteiger partial charge in [0.2, 0.25) is 0 Å². The molecule has 2 unspecified atom stereocenters. The third-order valence-electron chi connectivity index (χ3n) is 2.07. The summed E-state index contributed by atoms with van der Waals surface area (Å²) >= 11 is 0. The maximum atomic E-state index is 10.8. The molecular formula is C9H18N2O4. The second-order valence-corrected chi connectivity index (χ2v) is 3.40. The first kappa shape index (κ1) is 13.9. The number of unbranched alkanes of at least 4 members (excludes halogenated alkanes) is 1. The Hall–Kier alpha value is -1.14. The number of rotatable bonds is 8. The number of carboxylic acids is 2. The average molecular weight is 218 g/mol. The summed E-state index contributed by atoms with van der Waals surface area (Å²) in [5.41, 5.74) is 5.28. The molecule has 0 aromatic heterocycles. The zero-order chi connectivity index (χ0) is 11.8. The smallest absolute Gasteiger partial charge is 0.320 e. The highest BCUT2D eigenvalue weighted by Crippen LogP contribution is 2.02. The fourth-order valence-corrected chi connectivity index (χ4v) is 1.14. The highest BCUT2D eigenvalue weighted by molar-refractivity contribution is 5.77. The molecular weight excluding hydrogens is 200 g/mol. The zero-order valence-corrected chi connectivity index (χ0v) is 8.77. The van der Waals surface area contributed by atoms with Crippen molar-refractivity contribution in [3.63, 3.8) is 0 Å². The van der Waals surface area contributed by atoms with E-state index in [-0.39, 0.29) is 0 Å². The lowest BCUT2D eigenvalue weighted by Crippen LogP contribution is -2.45. The third kappa shape index (κ3) is 6.03. The highest BCUT2D eigenvalue weighted by Gasteiger charge is 2.21. The first-order valence-corrected chi connectivity index (χ1v) is 4.90. The molecule has 5 N–H and O–H groups in total. The van der Waals surface area contributed by atoms with Gasteiger partial charge in [-0.25, -0.2) is 0 Å². The summed E-state index contributed by atoms with van der Waals surface area (Å²) in [6.07, 6.45) is 1.81. The summed E-state index contributed by atoms with van der Waals surface area (Å²) < 4.78 is 0. The van der Waals surface area contributed by atoms with Crippen molar-refractivity contribution in [2.45, 2.75) is 38.3 Å². The van der Waals surface area contributed by atoms with E-state index < -0.39 is 24.0 Å². The predicted octanol–water partition coefficient (Wildman–Crippen LogP) is -0.369. The van der Waals surface area contributed by atoms with Crippen LogP contribution in [0.4, 0.5) is 0 Å². The first-order chi connectivity index (χ1) is 6.99. The Morgan fingerprint density at radius 2 is 1.87 bits per heavy atom. The SMILES string of the molecule is CC(NC(CCCCN)C(=O)O)C(=O)O. The van der Waals surface area contributed by atoms with Crippen LogP contribution >= 0.6 is 0 Å². The van der Waals surface area contributed by atoms with Gasteiger partial charge in [-0.2, -0.15) is 0 Å². The van der Waals surface area contributed by atoms with Crippen LogP contribution in [0.1, 0.15) is 26.2 Å². The van der Waals surface area contributed by atoms with Gasteiger partial charge >= 0.3 is 11.9 Å². The van der Waals surface area contributed by atoms with Crippen LogP contribution < -0.4 is 11.1 Å². The number of nitrogens with one attached hydrogen (secondary N) is 1. The van der Waals surface area contributed by atoms with Gasteiger partial charge in [-0.05, 0) is 26.3 Å². The Kier molecular flexibility index (Phi) is 6.64. The minimum Gasteiger partial charge on any atom is -0.480 e. The molecule has 0 fully saturated rings. The predicted molar refractivity (Wildman–Crippen MR) is 54.6 cm³/mol. The molecule has 6 nitrogen and oxygen atoms in total. The molecule has 0 aromatic rings. The van der Waals surface area contributed by atoms with Crippen molar-refractivity contribution in [3.05, 3.63) is 0 Å². The summed E-state index contributed by atoms with van der Waals surface area (Å²) in [6, 6.07) is -1.67. The summed E-state index contributed by atoms with van der Waals surface area (Å²) in [4.78, 5) is 21.3. The van der Waals surface area contributed by atoms with E-state index in [0.29, 0.717) is 19.4 Å². The topological polar surface area (TPSA) is 113 Å². The summed E-state index contributed by atoms with van der Waals surface area (Å²) in [7, 11) is 0. The molecule has 2 atom stereocenters. The lowest BCUT2D eigenvalue weighted by Gasteiger charge is -2.16. The molecule has 0 aliphatic heterocycles. The quantitative estimate of drug-likeness (QED) is 0.413. The molecule has 0 rings (SSSR count). The van der Waals surface area contributed by atoms with Gasteiger partial charge in [0, 0.05) is 0 Å². The summed E-state index contributed by atoms with van der Waals surface area (Å²) in [5.74, 6) is -2.08. The van der Waals surface area contributed by atoms with Gasteiger partial charge in [0.15, 0.2) is 0 Å². The van der Waals surface area contributed by atoms with Gasteiger partial charge in [-0.3, -0.25) is 14.9 Å². The lowest BCUT2D eigenvalue weighted by molar-refractivity contribution is -0.142. The van der Waals surface area contributed by atoms with E-state index >= 15 is 0 Å². The number of carboxylic acid groups (broad SMARTS) is 2. The van der Waals surface area contributed by atoms with Crippen LogP contribution in [-0.2, 0) is 9.59 Å².